The molecule has 0 aliphatic rings. The fourth-order valence-electron chi connectivity index (χ4n) is 3.97. The lowest BCUT2D eigenvalue weighted by Gasteiger charge is -2.11. The third-order valence-electron chi connectivity index (χ3n) is 5.45. The Labute approximate surface area is 178 Å². The lowest BCUT2D eigenvalue weighted by Crippen LogP contribution is -2.02. The number of hydrogen-bond acceptors (Lipinski definition) is 5. The predicted octanol–water partition coefficient (Wildman–Crippen LogP) is 5.45. The van der Waals surface area contributed by atoms with Gasteiger partial charge in [0, 0.05) is 23.0 Å². The van der Waals surface area contributed by atoms with Crippen LogP contribution in [0.4, 0.5) is 17.3 Å². The second-order valence-corrected chi connectivity index (χ2v) is 7.44. The first kappa shape index (κ1) is 17.4. The smallest absolute Gasteiger partial charge is 0.229 e. The van der Waals surface area contributed by atoms with Gasteiger partial charge < -0.3 is 11.1 Å². The lowest BCUT2D eigenvalue weighted by atomic mass is 10.0. The van der Waals surface area contributed by atoms with Crippen molar-refractivity contribution in [2.45, 2.75) is 0 Å². The van der Waals surface area contributed by atoms with Crippen LogP contribution in [0.25, 0.3) is 38.3 Å². The van der Waals surface area contributed by atoms with Crippen molar-refractivity contribution in [1.82, 2.24) is 19.7 Å². The Morgan fingerprint density at radius 3 is 2.45 bits per heavy atom. The van der Waals surface area contributed by atoms with Crippen molar-refractivity contribution in [3.63, 3.8) is 0 Å². The Balaban J connectivity index is 1.54. The quantitative estimate of drug-likeness (QED) is 0.304. The van der Waals surface area contributed by atoms with Crippen molar-refractivity contribution in [1.29, 1.82) is 0 Å². The Hall–Kier alpha value is -4.45. The summed E-state index contributed by atoms with van der Waals surface area (Å²) >= 11 is 0. The predicted molar refractivity (Wildman–Crippen MR) is 126 cm³/mol. The van der Waals surface area contributed by atoms with Crippen LogP contribution in [-0.4, -0.2) is 19.7 Å². The monoisotopic (exact) mass is 402 g/mol. The number of aromatic nitrogens is 4. The highest BCUT2D eigenvalue weighted by atomic mass is 15.3. The summed E-state index contributed by atoms with van der Waals surface area (Å²) in [6, 6.07) is 26.4. The molecule has 3 N–H and O–H groups in total. The SMILES string of the molecule is Nc1ccc(Nc2ncc3cnn(-c4cccc5ccc6ccccc6c45)c3n2)cc1. The Bertz CT molecular complexity index is 1570. The summed E-state index contributed by atoms with van der Waals surface area (Å²) < 4.78 is 1.89. The highest BCUT2D eigenvalue weighted by Gasteiger charge is 2.13. The number of hydrogen-bond donors (Lipinski definition) is 2. The van der Waals surface area contributed by atoms with Gasteiger partial charge in [-0.25, -0.2) is 9.67 Å². The highest BCUT2D eigenvalue weighted by Crippen LogP contribution is 2.31. The Morgan fingerprint density at radius 1 is 0.742 bits per heavy atom. The number of nitrogen functional groups attached to an aromatic ring is 1. The van der Waals surface area contributed by atoms with E-state index < -0.39 is 0 Å². The van der Waals surface area contributed by atoms with E-state index in [0.29, 0.717) is 11.6 Å². The van der Waals surface area contributed by atoms with E-state index in [-0.39, 0.29) is 0 Å². The van der Waals surface area contributed by atoms with Gasteiger partial charge >= 0.3 is 0 Å². The van der Waals surface area contributed by atoms with Crippen LogP contribution in [0.2, 0.25) is 0 Å². The van der Waals surface area contributed by atoms with Crippen LogP contribution in [0, 0.1) is 0 Å². The summed E-state index contributed by atoms with van der Waals surface area (Å²) in [6.07, 6.45) is 3.58. The van der Waals surface area contributed by atoms with E-state index in [1.807, 2.05) is 28.9 Å². The molecule has 0 unspecified atom stereocenters. The van der Waals surface area contributed by atoms with E-state index >= 15 is 0 Å². The molecule has 31 heavy (non-hydrogen) atoms. The minimum absolute atomic E-state index is 0.504. The minimum Gasteiger partial charge on any atom is -0.399 e. The zero-order valence-corrected chi connectivity index (χ0v) is 16.5. The van der Waals surface area contributed by atoms with E-state index in [4.69, 9.17) is 10.7 Å². The third kappa shape index (κ3) is 2.93. The summed E-state index contributed by atoms with van der Waals surface area (Å²) in [7, 11) is 0. The van der Waals surface area contributed by atoms with Crippen LogP contribution >= 0.6 is 0 Å². The molecule has 0 amide bonds. The fourth-order valence-corrected chi connectivity index (χ4v) is 3.97. The molecule has 0 radical (unpaired) electrons. The summed E-state index contributed by atoms with van der Waals surface area (Å²) in [5.41, 5.74) is 9.09. The van der Waals surface area contributed by atoms with Gasteiger partial charge in [0.1, 0.15) is 0 Å². The van der Waals surface area contributed by atoms with E-state index in [0.717, 1.165) is 33.2 Å². The molecular weight excluding hydrogens is 384 g/mol. The van der Waals surface area contributed by atoms with Crippen molar-refractivity contribution >= 4 is 49.9 Å². The first-order valence-corrected chi connectivity index (χ1v) is 10.0. The molecule has 6 rings (SSSR count). The van der Waals surface area contributed by atoms with Crippen molar-refractivity contribution < 1.29 is 0 Å². The van der Waals surface area contributed by atoms with E-state index in [1.165, 1.54) is 10.8 Å². The molecular formula is C25H18N6. The van der Waals surface area contributed by atoms with Crippen LogP contribution in [0.1, 0.15) is 0 Å². The molecule has 0 bridgehead atoms. The summed E-state index contributed by atoms with van der Waals surface area (Å²) in [4.78, 5) is 9.20. The van der Waals surface area contributed by atoms with Gasteiger partial charge in [0.25, 0.3) is 0 Å². The summed E-state index contributed by atoms with van der Waals surface area (Å²) in [5, 5.41) is 13.5. The first-order chi connectivity index (χ1) is 15.3. The lowest BCUT2D eigenvalue weighted by molar-refractivity contribution is 0.903. The Kier molecular flexibility index (Phi) is 3.83. The molecule has 0 saturated heterocycles. The molecule has 6 nitrogen and oxygen atoms in total. The van der Waals surface area contributed by atoms with Crippen molar-refractivity contribution in [3.05, 3.63) is 91.3 Å². The molecule has 0 aliphatic carbocycles. The average Bonchev–Trinajstić information content (AvgIpc) is 3.23. The average molecular weight is 402 g/mol. The van der Waals surface area contributed by atoms with Crippen molar-refractivity contribution in [3.8, 4) is 5.69 Å². The van der Waals surface area contributed by atoms with Gasteiger partial charge in [-0.05, 0) is 46.5 Å². The van der Waals surface area contributed by atoms with Gasteiger partial charge in [0.15, 0.2) is 5.65 Å². The van der Waals surface area contributed by atoms with Crippen LogP contribution in [0.5, 0.6) is 0 Å². The molecule has 6 heteroatoms. The van der Waals surface area contributed by atoms with Crippen molar-refractivity contribution in [2.75, 3.05) is 11.1 Å². The normalized spacial score (nSPS) is 11.4. The molecule has 0 spiro atoms. The zero-order chi connectivity index (χ0) is 20.8. The number of rotatable bonds is 3. The highest BCUT2D eigenvalue weighted by molar-refractivity contribution is 6.11. The number of benzene rings is 4. The second-order valence-electron chi connectivity index (χ2n) is 7.44. The van der Waals surface area contributed by atoms with Crippen LogP contribution in [-0.2, 0) is 0 Å². The Morgan fingerprint density at radius 2 is 1.55 bits per heavy atom. The maximum absolute atomic E-state index is 5.78. The number of nitrogens with zero attached hydrogens (tertiary/aromatic N) is 4. The summed E-state index contributed by atoms with van der Waals surface area (Å²) in [5.74, 6) is 0.504. The molecule has 2 heterocycles. The minimum atomic E-state index is 0.504. The van der Waals surface area contributed by atoms with Crippen molar-refractivity contribution in [2.24, 2.45) is 0 Å². The van der Waals surface area contributed by atoms with Gasteiger partial charge in [0.05, 0.1) is 17.3 Å². The fraction of sp³-hybridized carbons (Fsp3) is 0. The first-order valence-electron chi connectivity index (χ1n) is 10.0. The topological polar surface area (TPSA) is 81.6 Å². The van der Waals surface area contributed by atoms with Crippen LogP contribution in [0.3, 0.4) is 0 Å². The molecule has 2 aromatic heterocycles. The van der Waals surface area contributed by atoms with E-state index in [9.17, 15) is 0 Å². The standard InChI is InChI=1S/C25H18N6/c26-19-10-12-20(13-11-19)29-25-27-14-18-15-28-31(24(18)30-25)22-7-3-5-17-9-8-16-4-1-2-6-21(16)23(17)22/h1-15H,26H2,(H,27,29,30). The zero-order valence-electron chi connectivity index (χ0n) is 16.5. The maximum atomic E-state index is 5.78. The second kappa shape index (κ2) is 6.81. The number of fused-ring (bicyclic) bond motifs is 4. The molecule has 0 saturated carbocycles. The van der Waals surface area contributed by atoms with Gasteiger partial charge in [-0.3, -0.25) is 0 Å². The van der Waals surface area contributed by atoms with Gasteiger partial charge in [-0.2, -0.15) is 10.1 Å². The molecule has 6 aromatic rings. The molecule has 4 aromatic carbocycles. The van der Waals surface area contributed by atoms with Crippen LogP contribution in [0.15, 0.2) is 91.3 Å². The van der Waals surface area contributed by atoms with Gasteiger partial charge in [0.2, 0.25) is 5.95 Å². The number of anilines is 3. The number of nitrogens with two attached hydrogens (primary N) is 1. The molecule has 148 valence electrons. The third-order valence-corrected chi connectivity index (χ3v) is 5.45. The van der Waals surface area contributed by atoms with Gasteiger partial charge in [-0.1, -0.05) is 48.5 Å². The van der Waals surface area contributed by atoms with Gasteiger partial charge in [-0.15, -0.1) is 0 Å². The van der Waals surface area contributed by atoms with E-state index in [1.54, 1.807) is 12.4 Å². The molecule has 0 aliphatic heterocycles. The maximum Gasteiger partial charge on any atom is 0.229 e. The molecule has 0 atom stereocenters. The largest absolute Gasteiger partial charge is 0.399 e. The number of nitrogens with one attached hydrogen (secondary N) is 1. The molecule has 0 fully saturated rings. The van der Waals surface area contributed by atoms with Crippen LogP contribution < -0.4 is 11.1 Å². The summed E-state index contributed by atoms with van der Waals surface area (Å²) in [6.45, 7) is 0. The van der Waals surface area contributed by atoms with E-state index in [2.05, 4.69) is 70.0 Å².